The minimum absolute atomic E-state index is 0.239. The fraction of sp³-hybridized carbons (Fsp3) is 0.200. The molecular formula is C15H16N2O2. The first-order valence-electron chi connectivity index (χ1n) is 6.24. The molecule has 1 heterocycles. The van der Waals surface area contributed by atoms with Crippen LogP contribution in [0.25, 0.3) is 0 Å². The molecule has 2 aromatic rings. The quantitative estimate of drug-likeness (QED) is 0.877. The van der Waals surface area contributed by atoms with Gasteiger partial charge in [0.05, 0.1) is 0 Å². The molecule has 98 valence electrons. The van der Waals surface area contributed by atoms with Gasteiger partial charge in [0.15, 0.2) is 0 Å². The summed E-state index contributed by atoms with van der Waals surface area (Å²) >= 11 is 0. The van der Waals surface area contributed by atoms with Crippen molar-refractivity contribution in [2.45, 2.75) is 19.9 Å². The van der Waals surface area contributed by atoms with Crippen molar-refractivity contribution in [1.29, 1.82) is 0 Å². The number of hydrogen-bond acceptors (Lipinski definition) is 2. The number of H-pyrrole nitrogens is 1. The first kappa shape index (κ1) is 13.1. The molecule has 19 heavy (non-hydrogen) atoms. The number of amides is 1. The zero-order valence-corrected chi connectivity index (χ0v) is 10.8. The lowest BCUT2D eigenvalue weighted by molar-refractivity contribution is 0.0950. The molecule has 0 aliphatic rings. The second-order valence-corrected chi connectivity index (χ2v) is 4.25. The Hall–Kier alpha value is -2.36. The van der Waals surface area contributed by atoms with Crippen molar-refractivity contribution in [1.82, 2.24) is 10.3 Å². The first-order chi connectivity index (χ1) is 9.20. The second-order valence-electron chi connectivity index (χ2n) is 4.25. The number of carbonyl (C=O) groups is 1. The molecule has 2 rings (SSSR count). The lowest BCUT2D eigenvalue weighted by Gasteiger charge is -2.09. The van der Waals surface area contributed by atoms with Gasteiger partial charge in [0.25, 0.3) is 5.91 Å². The Morgan fingerprint density at radius 2 is 1.95 bits per heavy atom. The number of aromatic amines is 1. The van der Waals surface area contributed by atoms with Gasteiger partial charge in [-0.25, -0.2) is 0 Å². The molecule has 1 amide bonds. The Labute approximate surface area is 111 Å². The summed E-state index contributed by atoms with van der Waals surface area (Å²) < 4.78 is 0. The van der Waals surface area contributed by atoms with Crippen LogP contribution in [-0.2, 0) is 13.0 Å². The van der Waals surface area contributed by atoms with Crippen molar-refractivity contribution in [2.75, 3.05) is 0 Å². The van der Waals surface area contributed by atoms with E-state index in [0.29, 0.717) is 12.1 Å². The van der Waals surface area contributed by atoms with Crippen LogP contribution in [0.5, 0.6) is 0 Å². The van der Waals surface area contributed by atoms with Crippen molar-refractivity contribution in [3.63, 3.8) is 0 Å². The maximum Gasteiger partial charge on any atom is 0.251 e. The highest BCUT2D eigenvalue weighted by atomic mass is 16.2. The highest BCUT2D eigenvalue weighted by Gasteiger charge is 2.06. The van der Waals surface area contributed by atoms with Gasteiger partial charge in [0.2, 0.25) is 5.56 Å². The summed E-state index contributed by atoms with van der Waals surface area (Å²) in [6.45, 7) is 2.55. The number of aryl methyl sites for hydroxylation is 1. The molecule has 0 saturated carbocycles. The fourth-order valence-corrected chi connectivity index (χ4v) is 1.94. The smallest absolute Gasteiger partial charge is 0.251 e. The maximum absolute atomic E-state index is 11.9. The monoisotopic (exact) mass is 256 g/mol. The Balaban J connectivity index is 2.06. The van der Waals surface area contributed by atoms with E-state index in [2.05, 4.69) is 23.3 Å². The number of nitrogens with one attached hydrogen (secondary N) is 2. The van der Waals surface area contributed by atoms with Crippen LogP contribution >= 0.6 is 0 Å². The van der Waals surface area contributed by atoms with Gasteiger partial charge >= 0.3 is 0 Å². The van der Waals surface area contributed by atoms with Gasteiger partial charge in [-0.1, -0.05) is 31.2 Å². The van der Waals surface area contributed by atoms with Gasteiger partial charge in [-0.05, 0) is 23.6 Å². The molecule has 0 aliphatic heterocycles. The molecule has 0 radical (unpaired) electrons. The molecule has 1 aromatic heterocycles. The van der Waals surface area contributed by atoms with E-state index in [0.717, 1.165) is 12.0 Å². The van der Waals surface area contributed by atoms with Gasteiger partial charge in [0.1, 0.15) is 0 Å². The highest BCUT2D eigenvalue weighted by Crippen LogP contribution is 2.09. The van der Waals surface area contributed by atoms with Crippen LogP contribution in [0, 0.1) is 0 Å². The Bertz CT molecular complexity index is 632. The molecule has 0 bridgehead atoms. The molecule has 0 atom stereocenters. The van der Waals surface area contributed by atoms with Gasteiger partial charge in [-0.2, -0.15) is 0 Å². The van der Waals surface area contributed by atoms with Crippen molar-refractivity contribution in [3.05, 3.63) is 69.6 Å². The molecule has 0 spiro atoms. The molecule has 0 aliphatic carbocycles. The van der Waals surface area contributed by atoms with E-state index in [9.17, 15) is 9.59 Å². The standard InChI is InChI=1S/C15H16N2O2/c1-2-11-5-3-4-6-13(11)10-17-15(19)12-7-8-16-14(18)9-12/h3-9H,2,10H2,1H3,(H,16,18)(H,17,19). The topological polar surface area (TPSA) is 62.0 Å². The number of carbonyl (C=O) groups excluding carboxylic acids is 1. The van der Waals surface area contributed by atoms with Crippen LogP contribution in [-0.4, -0.2) is 10.9 Å². The lowest BCUT2D eigenvalue weighted by Crippen LogP contribution is -2.24. The average Bonchev–Trinajstić information content (AvgIpc) is 2.45. The Kier molecular flexibility index (Phi) is 4.13. The third kappa shape index (κ3) is 3.31. The summed E-state index contributed by atoms with van der Waals surface area (Å²) in [5.74, 6) is -0.239. The number of rotatable bonds is 4. The summed E-state index contributed by atoms with van der Waals surface area (Å²) in [5, 5.41) is 2.83. The maximum atomic E-state index is 11.9. The summed E-state index contributed by atoms with van der Waals surface area (Å²) in [7, 11) is 0. The summed E-state index contributed by atoms with van der Waals surface area (Å²) in [6, 6.07) is 10.9. The largest absolute Gasteiger partial charge is 0.348 e. The van der Waals surface area contributed by atoms with Crippen LogP contribution in [0.2, 0.25) is 0 Å². The van der Waals surface area contributed by atoms with E-state index >= 15 is 0 Å². The molecule has 4 heteroatoms. The van der Waals surface area contributed by atoms with Crippen molar-refractivity contribution < 1.29 is 4.79 Å². The predicted octanol–water partition coefficient (Wildman–Crippen LogP) is 1.87. The van der Waals surface area contributed by atoms with E-state index < -0.39 is 0 Å². The molecule has 0 unspecified atom stereocenters. The van der Waals surface area contributed by atoms with Crippen LogP contribution in [0.4, 0.5) is 0 Å². The lowest BCUT2D eigenvalue weighted by atomic mass is 10.1. The second kappa shape index (κ2) is 6.00. The van der Waals surface area contributed by atoms with Gasteiger partial charge in [-0.3, -0.25) is 9.59 Å². The van der Waals surface area contributed by atoms with Crippen molar-refractivity contribution >= 4 is 5.91 Å². The van der Waals surface area contributed by atoms with Crippen LogP contribution in [0.1, 0.15) is 28.4 Å². The molecule has 1 aromatic carbocycles. The van der Waals surface area contributed by atoms with E-state index in [1.165, 1.54) is 17.8 Å². The van der Waals surface area contributed by atoms with Gasteiger partial charge < -0.3 is 10.3 Å². The van der Waals surface area contributed by atoms with Gasteiger partial charge in [-0.15, -0.1) is 0 Å². The van der Waals surface area contributed by atoms with Crippen LogP contribution in [0.3, 0.4) is 0 Å². The first-order valence-corrected chi connectivity index (χ1v) is 6.24. The molecule has 0 fully saturated rings. The van der Waals surface area contributed by atoms with E-state index in [4.69, 9.17) is 0 Å². The molecular weight excluding hydrogens is 240 g/mol. The Morgan fingerprint density at radius 3 is 2.63 bits per heavy atom. The van der Waals surface area contributed by atoms with E-state index in [1.807, 2.05) is 18.2 Å². The predicted molar refractivity (Wildman–Crippen MR) is 74.1 cm³/mol. The molecule has 4 nitrogen and oxygen atoms in total. The van der Waals surface area contributed by atoms with Gasteiger partial charge in [0, 0.05) is 24.4 Å². The highest BCUT2D eigenvalue weighted by molar-refractivity contribution is 5.93. The van der Waals surface area contributed by atoms with Crippen molar-refractivity contribution in [2.24, 2.45) is 0 Å². The normalized spacial score (nSPS) is 10.2. The summed E-state index contributed by atoms with van der Waals surface area (Å²) in [4.78, 5) is 25.5. The van der Waals surface area contributed by atoms with E-state index in [1.54, 1.807) is 6.07 Å². The third-order valence-corrected chi connectivity index (χ3v) is 2.98. The minimum atomic E-state index is -0.276. The summed E-state index contributed by atoms with van der Waals surface area (Å²) in [5.41, 5.74) is 2.41. The Morgan fingerprint density at radius 1 is 1.21 bits per heavy atom. The number of pyridine rings is 1. The minimum Gasteiger partial charge on any atom is -0.348 e. The van der Waals surface area contributed by atoms with Crippen LogP contribution < -0.4 is 10.9 Å². The number of benzene rings is 1. The third-order valence-electron chi connectivity index (χ3n) is 2.98. The number of aromatic nitrogens is 1. The van der Waals surface area contributed by atoms with Crippen molar-refractivity contribution in [3.8, 4) is 0 Å². The average molecular weight is 256 g/mol. The summed E-state index contributed by atoms with van der Waals surface area (Å²) in [6.07, 6.45) is 2.40. The SMILES string of the molecule is CCc1ccccc1CNC(=O)c1cc[nH]c(=O)c1. The van der Waals surface area contributed by atoms with E-state index in [-0.39, 0.29) is 11.5 Å². The zero-order chi connectivity index (χ0) is 13.7. The zero-order valence-electron chi connectivity index (χ0n) is 10.8. The number of hydrogen-bond donors (Lipinski definition) is 2. The van der Waals surface area contributed by atoms with Crippen LogP contribution in [0.15, 0.2) is 47.4 Å². The molecule has 0 saturated heterocycles. The molecule has 2 N–H and O–H groups in total. The fourth-order valence-electron chi connectivity index (χ4n) is 1.94.